The number of ether oxygens (including phenoxy) is 1. The molecule has 0 amide bonds. The van der Waals surface area contributed by atoms with Gasteiger partial charge in [0.2, 0.25) is 0 Å². The van der Waals surface area contributed by atoms with Crippen LogP contribution in [0, 0.1) is 0 Å². The van der Waals surface area contributed by atoms with Gasteiger partial charge in [-0.25, -0.2) is 9.78 Å². The lowest BCUT2D eigenvalue weighted by atomic mass is 10.0. The van der Waals surface area contributed by atoms with Gasteiger partial charge in [0.15, 0.2) is 5.69 Å². The van der Waals surface area contributed by atoms with Gasteiger partial charge in [-0.3, -0.25) is 4.98 Å². The minimum Gasteiger partial charge on any atom is -0.422 e. The van der Waals surface area contributed by atoms with Gasteiger partial charge in [-0.2, -0.15) is 0 Å². The molecule has 0 saturated heterocycles. The average molecular weight is 515 g/mol. The highest BCUT2D eigenvalue weighted by molar-refractivity contribution is 5.88. The lowest BCUT2D eigenvalue weighted by Crippen LogP contribution is -2.11. The Hall–Kier alpha value is -3.01. The summed E-state index contributed by atoms with van der Waals surface area (Å²) in [6, 6.07) is 16.3. The molecule has 2 aromatic carbocycles. The molecule has 0 unspecified atom stereocenters. The van der Waals surface area contributed by atoms with Gasteiger partial charge in [0.05, 0.1) is 18.1 Å². The topological polar surface area (TPSA) is 52.1 Å². The van der Waals surface area contributed by atoms with Crippen molar-refractivity contribution in [2.45, 2.75) is 110 Å². The maximum atomic E-state index is 12.6. The molecular weight excluding hydrogens is 468 g/mol. The molecule has 4 nitrogen and oxygen atoms in total. The van der Waals surface area contributed by atoms with E-state index in [0.29, 0.717) is 5.75 Å². The number of aromatic nitrogens is 2. The molecule has 1 aromatic heterocycles. The summed E-state index contributed by atoms with van der Waals surface area (Å²) in [4.78, 5) is 21.3. The van der Waals surface area contributed by atoms with Gasteiger partial charge < -0.3 is 4.74 Å². The van der Waals surface area contributed by atoms with Crippen LogP contribution in [0.15, 0.2) is 60.9 Å². The predicted molar refractivity (Wildman–Crippen MR) is 158 cm³/mol. The van der Waals surface area contributed by atoms with Gasteiger partial charge in [0.1, 0.15) is 5.75 Å². The normalized spacial score (nSPS) is 11.0. The molecule has 0 spiro atoms. The molecule has 4 heteroatoms. The number of benzene rings is 2. The smallest absolute Gasteiger partial charge is 0.363 e. The fraction of sp³-hybridized carbons (Fsp3) is 0.500. The van der Waals surface area contributed by atoms with E-state index in [9.17, 15) is 4.79 Å². The molecule has 0 N–H and O–H groups in total. The van der Waals surface area contributed by atoms with Gasteiger partial charge in [-0.1, -0.05) is 121 Å². The molecule has 0 fully saturated rings. The van der Waals surface area contributed by atoms with Gasteiger partial charge in [-0.05, 0) is 48.9 Å². The first-order valence-corrected chi connectivity index (χ1v) is 14.9. The number of carbonyl (C=O) groups is 1. The first kappa shape index (κ1) is 29.5. The maximum Gasteiger partial charge on any atom is 0.363 e. The van der Waals surface area contributed by atoms with E-state index in [2.05, 4.69) is 48.1 Å². The maximum absolute atomic E-state index is 12.6. The highest BCUT2D eigenvalue weighted by Gasteiger charge is 2.12. The highest BCUT2D eigenvalue weighted by Crippen LogP contribution is 2.20. The lowest BCUT2D eigenvalue weighted by molar-refractivity contribution is 0.0728. The molecule has 0 aliphatic carbocycles. The Morgan fingerprint density at radius 1 is 0.605 bits per heavy atom. The van der Waals surface area contributed by atoms with E-state index in [0.717, 1.165) is 24.1 Å². The van der Waals surface area contributed by atoms with Crippen LogP contribution in [0.25, 0.3) is 11.3 Å². The Kier molecular flexibility index (Phi) is 13.6. The number of esters is 1. The van der Waals surface area contributed by atoms with Crippen LogP contribution in [0.5, 0.6) is 5.75 Å². The van der Waals surface area contributed by atoms with Crippen LogP contribution in [0.1, 0.15) is 119 Å². The van der Waals surface area contributed by atoms with E-state index in [-0.39, 0.29) is 5.69 Å². The van der Waals surface area contributed by atoms with Crippen LogP contribution in [0.3, 0.4) is 0 Å². The zero-order chi connectivity index (χ0) is 26.8. The molecule has 0 atom stereocenters. The summed E-state index contributed by atoms with van der Waals surface area (Å²) in [5.74, 6) is 0.0415. The van der Waals surface area contributed by atoms with Crippen LogP contribution < -0.4 is 4.74 Å². The summed E-state index contributed by atoms with van der Waals surface area (Å²) in [7, 11) is 0. The zero-order valence-electron chi connectivity index (χ0n) is 23.6. The van der Waals surface area contributed by atoms with Gasteiger partial charge in [0.25, 0.3) is 0 Å². The summed E-state index contributed by atoms with van der Waals surface area (Å²) in [6.07, 6.45) is 22.4. The molecule has 0 aliphatic heterocycles. The van der Waals surface area contributed by atoms with Crippen molar-refractivity contribution in [3.8, 4) is 17.0 Å². The number of rotatable bonds is 18. The molecule has 0 aliphatic rings. The van der Waals surface area contributed by atoms with E-state index in [4.69, 9.17) is 4.74 Å². The highest BCUT2D eigenvalue weighted by atomic mass is 16.5. The third-order valence-electron chi connectivity index (χ3n) is 7.13. The summed E-state index contributed by atoms with van der Waals surface area (Å²) in [5, 5.41) is 0. The predicted octanol–water partition coefficient (Wildman–Crippen LogP) is 9.56. The van der Waals surface area contributed by atoms with E-state index >= 15 is 0 Å². The third kappa shape index (κ3) is 10.8. The summed E-state index contributed by atoms with van der Waals surface area (Å²) in [6.45, 7) is 4.50. The molecule has 38 heavy (non-hydrogen) atoms. The van der Waals surface area contributed by atoms with E-state index in [1.165, 1.54) is 101 Å². The molecular formula is C34H46N2O2. The van der Waals surface area contributed by atoms with Crippen molar-refractivity contribution in [2.24, 2.45) is 0 Å². The lowest BCUT2D eigenvalue weighted by Gasteiger charge is -2.07. The molecule has 204 valence electrons. The number of hydrogen-bond acceptors (Lipinski definition) is 4. The number of nitrogens with zero attached hydrogens (tertiary/aromatic N) is 2. The van der Waals surface area contributed by atoms with Crippen LogP contribution >= 0.6 is 0 Å². The van der Waals surface area contributed by atoms with E-state index in [1.807, 2.05) is 24.3 Å². The SMILES string of the molecule is CCCCCCCCCCc1ccc(-c2cnc(C(=O)Oc3ccc(CCCCCCC)cc3)cn2)cc1. The van der Waals surface area contributed by atoms with E-state index in [1.54, 1.807) is 6.20 Å². The number of hydrogen-bond donors (Lipinski definition) is 0. The standard InChI is InChI=1S/C34H46N2O2/c1-3-5-7-9-10-11-13-15-16-28-18-22-30(23-19-28)32-26-36-33(27-35-32)34(37)38-31-24-20-29(21-25-31)17-14-12-8-6-4-2/h18-27H,3-17H2,1-2H3. The Morgan fingerprint density at radius 3 is 1.61 bits per heavy atom. The summed E-state index contributed by atoms with van der Waals surface area (Å²) < 4.78 is 5.51. The van der Waals surface area contributed by atoms with Crippen LogP contribution in [-0.4, -0.2) is 15.9 Å². The van der Waals surface area contributed by atoms with Gasteiger partial charge >= 0.3 is 5.97 Å². The zero-order valence-corrected chi connectivity index (χ0v) is 23.6. The number of aryl methyl sites for hydroxylation is 2. The quantitative estimate of drug-likeness (QED) is 0.0963. The van der Waals surface area contributed by atoms with E-state index < -0.39 is 5.97 Å². The molecule has 0 bridgehead atoms. The summed E-state index contributed by atoms with van der Waals surface area (Å²) >= 11 is 0. The van der Waals surface area contributed by atoms with Crippen molar-refractivity contribution >= 4 is 5.97 Å². The average Bonchev–Trinajstić information content (AvgIpc) is 2.95. The minimum atomic E-state index is -0.489. The molecule has 3 rings (SSSR count). The summed E-state index contributed by atoms with van der Waals surface area (Å²) in [5.41, 5.74) is 4.59. The first-order valence-electron chi connectivity index (χ1n) is 14.9. The minimum absolute atomic E-state index is 0.208. The van der Waals surface area contributed by atoms with Crippen molar-refractivity contribution in [1.82, 2.24) is 9.97 Å². The van der Waals surface area contributed by atoms with Gasteiger partial charge in [0, 0.05) is 5.56 Å². The first-order chi connectivity index (χ1) is 18.7. The molecule has 0 saturated carbocycles. The number of carbonyl (C=O) groups excluding carboxylic acids is 1. The second kappa shape index (κ2) is 17.5. The fourth-order valence-corrected chi connectivity index (χ4v) is 4.70. The van der Waals surface area contributed by atoms with Crippen LogP contribution in [0.2, 0.25) is 0 Å². The van der Waals surface area contributed by atoms with Crippen molar-refractivity contribution in [1.29, 1.82) is 0 Å². The monoisotopic (exact) mass is 514 g/mol. The largest absolute Gasteiger partial charge is 0.422 e. The van der Waals surface area contributed by atoms with Crippen LogP contribution in [0.4, 0.5) is 0 Å². The molecule has 3 aromatic rings. The van der Waals surface area contributed by atoms with Crippen molar-refractivity contribution in [3.63, 3.8) is 0 Å². The second-order valence-corrected chi connectivity index (χ2v) is 10.4. The molecule has 0 radical (unpaired) electrons. The Labute approximate surface area is 230 Å². The fourth-order valence-electron chi connectivity index (χ4n) is 4.70. The third-order valence-corrected chi connectivity index (χ3v) is 7.13. The van der Waals surface area contributed by atoms with Gasteiger partial charge in [-0.15, -0.1) is 0 Å². The Balaban J connectivity index is 1.41. The Morgan fingerprint density at radius 2 is 1.11 bits per heavy atom. The van der Waals surface area contributed by atoms with Crippen LogP contribution in [-0.2, 0) is 12.8 Å². The molecule has 1 heterocycles. The number of unbranched alkanes of at least 4 members (excludes halogenated alkanes) is 11. The van der Waals surface area contributed by atoms with Crippen molar-refractivity contribution in [3.05, 3.63) is 77.7 Å². The van der Waals surface area contributed by atoms with Crippen molar-refractivity contribution in [2.75, 3.05) is 0 Å². The van der Waals surface area contributed by atoms with Crippen molar-refractivity contribution < 1.29 is 9.53 Å². The second-order valence-electron chi connectivity index (χ2n) is 10.4. The Bertz CT molecular complexity index is 1040.